The highest BCUT2D eigenvalue weighted by Crippen LogP contribution is 2.27. The van der Waals surface area contributed by atoms with Crippen LogP contribution in [0.5, 0.6) is 0 Å². The minimum Gasteiger partial charge on any atom is -0.478 e. The van der Waals surface area contributed by atoms with Crippen molar-refractivity contribution in [3.05, 3.63) is 23.8 Å². The number of nitrogens with two attached hydrogens (primary N) is 1. The van der Waals surface area contributed by atoms with Crippen molar-refractivity contribution in [3.8, 4) is 0 Å². The topological polar surface area (TPSA) is 118 Å². The number of sulfone groups is 1. The summed E-state index contributed by atoms with van der Waals surface area (Å²) in [6, 6.07) is 4.21. The Kier molecular flexibility index (Phi) is 3.91. The highest BCUT2D eigenvalue weighted by Gasteiger charge is 2.35. The monoisotopic (exact) mass is 312 g/mol. The summed E-state index contributed by atoms with van der Waals surface area (Å²) in [4.78, 5) is 24.8. The largest absolute Gasteiger partial charge is 0.478 e. The van der Waals surface area contributed by atoms with Crippen molar-refractivity contribution in [2.45, 2.75) is 6.42 Å². The van der Waals surface area contributed by atoms with Crippen LogP contribution in [0.4, 0.5) is 11.4 Å². The van der Waals surface area contributed by atoms with Crippen molar-refractivity contribution < 1.29 is 23.1 Å². The molecule has 0 aromatic heterocycles. The average Bonchev–Trinajstić information content (AvgIpc) is 2.77. The smallest absolute Gasteiger partial charge is 0.337 e. The van der Waals surface area contributed by atoms with Crippen molar-refractivity contribution in [3.63, 3.8) is 0 Å². The number of nitrogen functional groups attached to an aromatic ring is 1. The molecule has 1 unspecified atom stereocenters. The number of carbonyl (C=O) groups excluding carboxylic acids is 1. The molecule has 0 aliphatic carbocycles. The lowest BCUT2D eigenvalue weighted by molar-refractivity contribution is -0.121. The Bertz CT molecular complexity index is 699. The van der Waals surface area contributed by atoms with Gasteiger partial charge in [-0.25, -0.2) is 13.2 Å². The molecule has 1 atom stereocenters. The molecular formula is C13H16N2O5S. The van der Waals surface area contributed by atoms with E-state index in [4.69, 9.17) is 5.73 Å². The Balaban J connectivity index is 2.30. The maximum atomic E-state index is 12.3. The van der Waals surface area contributed by atoms with E-state index in [0.29, 0.717) is 0 Å². The van der Waals surface area contributed by atoms with E-state index in [0.717, 1.165) is 0 Å². The second-order valence-corrected chi connectivity index (χ2v) is 7.31. The van der Waals surface area contributed by atoms with E-state index < -0.39 is 27.6 Å². The summed E-state index contributed by atoms with van der Waals surface area (Å²) in [7, 11) is -1.74. The Morgan fingerprint density at radius 3 is 2.57 bits per heavy atom. The van der Waals surface area contributed by atoms with Gasteiger partial charge in [-0.15, -0.1) is 0 Å². The summed E-state index contributed by atoms with van der Waals surface area (Å²) in [6.45, 7) is 0. The van der Waals surface area contributed by atoms with Crippen LogP contribution in [0.3, 0.4) is 0 Å². The van der Waals surface area contributed by atoms with Gasteiger partial charge < -0.3 is 15.7 Å². The summed E-state index contributed by atoms with van der Waals surface area (Å²) in [5.74, 6) is -2.42. The first kappa shape index (κ1) is 15.3. The molecule has 0 bridgehead atoms. The summed E-state index contributed by atoms with van der Waals surface area (Å²) in [5, 5.41) is 9.18. The first-order chi connectivity index (χ1) is 9.71. The molecule has 3 N–H and O–H groups in total. The lowest BCUT2D eigenvalue weighted by Gasteiger charge is -2.22. The molecule has 1 aromatic rings. The van der Waals surface area contributed by atoms with Crippen molar-refractivity contribution in [2.75, 3.05) is 29.2 Å². The van der Waals surface area contributed by atoms with Gasteiger partial charge in [0, 0.05) is 12.7 Å². The number of rotatable bonds is 3. The minimum absolute atomic E-state index is 0.00915. The molecule has 1 aliphatic heterocycles. The molecule has 7 nitrogen and oxygen atoms in total. The van der Waals surface area contributed by atoms with E-state index in [9.17, 15) is 23.1 Å². The van der Waals surface area contributed by atoms with Crippen LogP contribution in [0.2, 0.25) is 0 Å². The molecule has 1 amide bonds. The summed E-state index contributed by atoms with van der Waals surface area (Å²) >= 11 is 0. The van der Waals surface area contributed by atoms with Crippen molar-refractivity contribution in [2.24, 2.45) is 5.92 Å². The second-order valence-electron chi connectivity index (χ2n) is 5.08. The van der Waals surface area contributed by atoms with Crippen LogP contribution in [0, 0.1) is 5.92 Å². The molecule has 0 spiro atoms. The van der Waals surface area contributed by atoms with Gasteiger partial charge in [0.2, 0.25) is 5.91 Å². The van der Waals surface area contributed by atoms with Crippen LogP contribution < -0.4 is 10.6 Å². The molecule has 8 heteroatoms. The van der Waals surface area contributed by atoms with Gasteiger partial charge in [0.05, 0.1) is 28.7 Å². The van der Waals surface area contributed by atoms with Crippen molar-refractivity contribution >= 4 is 33.1 Å². The first-order valence-electron chi connectivity index (χ1n) is 6.32. The lowest BCUT2D eigenvalue weighted by Crippen LogP contribution is -2.34. The van der Waals surface area contributed by atoms with Gasteiger partial charge in [0.25, 0.3) is 0 Å². The highest BCUT2D eigenvalue weighted by atomic mass is 32.2. The predicted octanol–water partition coefficient (Wildman–Crippen LogP) is 0.365. The number of aromatic carboxylic acids is 1. The second kappa shape index (κ2) is 5.36. The molecule has 1 aromatic carbocycles. The van der Waals surface area contributed by atoms with Gasteiger partial charge in [-0.1, -0.05) is 0 Å². The number of hydrogen-bond acceptors (Lipinski definition) is 5. The lowest BCUT2D eigenvalue weighted by atomic mass is 10.1. The molecule has 1 aliphatic rings. The van der Waals surface area contributed by atoms with Gasteiger partial charge in [0.15, 0.2) is 9.84 Å². The van der Waals surface area contributed by atoms with E-state index in [-0.39, 0.29) is 34.9 Å². The highest BCUT2D eigenvalue weighted by molar-refractivity contribution is 7.91. The van der Waals surface area contributed by atoms with Crippen LogP contribution >= 0.6 is 0 Å². The molecular weight excluding hydrogens is 296 g/mol. The maximum absolute atomic E-state index is 12.3. The number of carboxylic acid groups (broad SMARTS) is 1. The van der Waals surface area contributed by atoms with E-state index in [1.807, 2.05) is 0 Å². The van der Waals surface area contributed by atoms with Gasteiger partial charge in [0.1, 0.15) is 0 Å². The van der Waals surface area contributed by atoms with Gasteiger partial charge in [-0.3, -0.25) is 4.79 Å². The van der Waals surface area contributed by atoms with Gasteiger partial charge in [-0.05, 0) is 24.6 Å². The molecule has 2 rings (SSSR count). The molecule has 0 radical (unpaired) electrons. The van der Waals surface area contributed by atoms with E-state index >= 15 is 0 Å². The number of hydrogen-bond donors (Lipinski definition) is 2. The zero-order valence-corrected chi connectivity index (χ0v) is 12.3. The Hall–Kier alpha value is -2.09. The molecule has 0 saturated carbocycles. The number of nitrogens with zero attached hydrogens (tertiary/aromatic N) is 1. The molecule has 114 valence electrons. The maximum Gasteiger partial charge on any atom is 0.337 e. The SMILES string of the molecule is CN(C(=O)C1CCS(=O)(=O)C1)c1ccc(N)cc1C(=O)O. The van der Waals surface area contributed by atoms with Crippen LogP contribution in [0.15, 0.2) is 18.2 Å². The fourth-order valence-electron chi connectivity index (χ4n) is 2.40. The minimum atomic E-state index is -3.17. The number of carboxylic acids is 1. The fourth-order valence-corrected chi connectivity index (χ4v) is 4.13. The van der Waals surface area contributed by atoms with Gasteiger partial charge in [-0.2, -0.15) is 0 Å². The molecule has 21 heavy (non-hydrogen) atoms. The normalized spacial score (nSPS) is 20.1. The Morgan fingerprint density at radius 2 is 2.05 bits per heavy atom. The van der Waals surface area contributed by atoms with E-state index in [1.165, 1.54) is 30.1 Å². The van der Waals surface area contributed by atoms with Crippen LogP contribution in [-0.2, 0) is 14.6 Å². The number of anilines is 2. The Labute approximate surface area is 122 Å². The number of benzene rings is 1. The van der Waals surface area contributed by atoms with Crippen LogP contribution in [0.1, 0.15) is 16.8 Å². The fraction of sp³-hybridized carbons (Fsp3) is 0.385. The van der Waals surface area contributed by atoms with Gasteiger partial charge >= 0.3 is 5.97 Å². The molecule has 1 saturated heterocycles. The predicted molar refractivity (Wildman–Crippen MR) is 78.0 cm³/mol. The zero-order valence-electron chi connectivity index (χ0n) is 11.4. The van der Waals surface area contributed by atoms with E-state index in [1.54, 1.807) is 0 Å². The summed E-state index contributed by atoms with van der Waals surface area (Å²) in [5.41, 5.74) is 5.94. The van der Waals surface area contributed by atoms with Crippen LogP contribution in [0.25, 0.3) is 0 Å². The third-order valence-electron chi connectivity index (χ3n) is 3.52. The van der Waals surface area contributed by atoms with E-state index in [2.05, 4.69) is 0 Å². The first-order valence-corrected chi connectivity index (χ1v) is 8.14. The zero-order chi connectivity index (χ0) is 15.8. The molecule has 1 fully saturated rings. The van der Waals surface area contributed by atoms with Crippen molar-refractivity contribution in [1.82, 2.24) is 0 Å². The summed E-state index contributed by atoms with van der Waals surface area (Å²) < 4.78 is 22.9. The van der Waals surface area contributed by atoms with Crippen molar-refractivity contribution in [1.29, 1.82) is 0 Å². The quantitative estimate of drug-likeness (QED) is 0.778. The standard InChI is InChI=1S/C13H16N2O5S/c1-15(12(16)8-4-5-21(19,20)7-8)11-3-2-9(14)6-10(11)13(17)18/h2-3,6,8H,4-5,7,14H2,1H3,(H,17,18). The molecule has 1 heterocycles. The van der Waals surface area contributed by atoms with Crippen LogP contribution in [-0.4, -0.2) is 44.0 Å². The number of carbonyl (C=O) groups is 2. The third-order valence-corrected chi connectivity index (χ3v) is 5.29. The third kappa shape index (κ3) is 3.15. The Morgan fingerprint density at radius 1 is 1.38 bits per heavy atom. The summed E-state index contributed by atoms with van der Waals surface area (Å²) in [6.07, 6.45) is 0.267. The number of amides is 1. The average molecular weight is 312 g/mol.